The van der Waals surface area contributed by atoms with Crippen molar-refractivity contribution in [2.24, 2.45) is 5.73 Å². The van der Waals surface area contributed by atoms with E-state index >= 15 is 0 Å². The van der Waals surface area contributed by atoms with Crippen molar-refractivity contribution in [3.63, 3.8) is 0 Å². The summed E-state index contributed by atoms with van der Waals surface area (Å²) in [5.74, 6) is -1.33. The van der Waals surface area contributed by atoms with Crippen LogP contribution in [0.5, 0.6) is 5.75 Å². The van der Waals surface area contributed by atoms with Crippen molar-refractivity contribution in [1.29, 1.82) is 0 Å². The van der Waals surface area contributed by atoms with E-state index in [1.807, 2.05) is 0 Å². The summed E-state index contributed by atoms with van der Waals surface area (Å²) in [6, 6.07) is 1.32. The smallest absolute Gasteiger partial charge is 0.134 e. The molecule has 0 spiro atoms. The molecule has 0 aliphatic carbocycles. The van der Waals surface area contributed by atoms with Gasteiger partial charge in [0.05, 0.1) is 13.2 Å². The molecule has 1 atom stereocenters. The van der Waals surface area contributed by atoms with E-state index in [1.165, 1.54) is 13.2 Å². The van der Waals surface area contributed by atoms with Gasteiger partial charge in [-0.15, -0.1) is 6.58 Å². The summed E-state index contributed by atoms with van der Waals surface area (Å²) in [6.07, 6.45) is 1.27. The molecule has 0 amide bonds. The predicted octanol–water partition coefficient (Wildman–Crippen LogP) is 2.16. The highest BCUT2D eigenvalue weighted by atomic mass is 19.1. The van der Waals surface area contributed by atoms with Crippen molar-refractivity contribution in [3.8, 4) is 5.75 Å². The molecule has 0 saturated carbocycles. The molecule has 0 radical (unpaired) electrons. The Morgan fingerprint density at radius 1 is 1.43 bits per heavy atom. The van der Waals surface area contributed by atoms with E-state index in [0.29, 0.717) is 0 Å². The van der Waals surface area contributed by atoms with E-state index < -0.39 is 17.7 Å². The van der Waals surface area contributed by atoms with Gasteiger partial charge in [-0.3, -0.25) is 0 Å². The molecule has 76 valence electrons. The summed E-state index contributed by atoms with van der Waals surface area (Å²) >= 11 is 0. The van der Waals surface area contributed by atoms with E-state index in [-0.39, 0.29) is 11.3 Å². The fraction of sp³-hybridized carbons (Fsp3) is 0.200. The van der Waals surface area contributed by atoms with Crippen LogP contribution in [0.2, 0.25) is 0 Å². The minimum absolute atomic E-state index is 0.125. The van der Waals surface area contributed by atoms with Crippen molar-refractivity contribution < 1.29 is 13.5 Å². The molecule has 0 saturated heterocycles. The van der Waals surface area contributed by atoms with Gasteiger partial charge in [0.2, 0.25) is 0 Å². The van der Waals surface area contributed by atoms with Crippen LogP contribution < -0.4 is 10.5 Å². The monoisotopic (exact) mass is 199 g/mol. The van der Waals surface area contributed by atoms with Gasteiger partial charge in [0.15, 0.2) is 0 Å². The van der Waals surface area contributed by atoms with Crippen LogP contribution in [0.1, 0.15) is 11.6 Å². The van der Waals surface area contributed by atoms with E-state index in [2.05, 4.69) is 6.58 Å². The SMILES string of the molecule is C=C[C@@H](N)c1c(F)cc(OC)cc1F. The zero-order valence-corrected chi connectivity index (χ0v) is 7.76. The third kappa shape index (κ3) is 1.90. The highest BCUT2D eigenvalue weighted by Gasteiger charge is 2.15. The summed E-state index contributed by atoms with van der Waals surface area (Å²) in [5, 5.41) is 0. The molecule has 1 aromatic carbocycles. The number of hydrogen-bond acceptors (Lipinski definition) is 2. The third-order valence-electron chi connectivity index (χ3n) is 1.88. The lowest BCUT2D eigenvalue weighted by atomic mass is 10.1. The number of hydrogen-bond donors (Lipinski definition) is 1. The Kier molecular flexibility index (Phi) is 3.19. The zero-order chi connectivity index (χ0) is 10.7. The quantitative estimate of drug-likeness (QED) is 0.757. The molecule has 0 unspecified atom stereocenters. The molecule has 0 heterocycles. The van der Waals surface area contributed by atoms with Crippen LogP contribution in [0.3, 0.4) is 0 Å². The van der Waals surface area contributed by atoms with Crippen LogP contribution in [0.4, 0.5) is 8.78 Å². The maximum Gasteiger partial charge on any atom is 0.134 e. The number of methoxy groups -OCH3 is 1. The van der Waals surface area contributed by atoms with Crippen LogP contribution in [0.15, 0.2) is 24.8 Å². The second-order valence-corrected chi connectivity index (χ2v) is 2.77. The lowest BCUT2D eigenvalue weighted by molar-refractivity contribution is 0.404. The minimum atomic E-state index is -0.846. The molecular formula is C10H11F2NO. The van der Waals surface area contributed by atoms with Gasteiger partial charge in [0.25, 0.3) is 0 Å². The highest BCUT2D eigenvalue weighted by Crippen LogP contribution is 2.24. The number of ether oxygens (including phenoxy) is 1. The fourth-order valence-corrected chi connectivity index (χ4v) is 1.12. The lowest BCUT2D eigenvalue weighted by Gasteiger charge is -2.10. The molecule has 0 aliphatic heterocycles. The maximum atomic E-state index is 13.3. The van der Waals surface area contributed by atoms with Crippen LogP contribution in [-0.2, 0) is 0 Å². The normalized spacial score (nSPS) is 12.3. The Morgan fingerprint density at radius 3 is 2.29 bits per heavy atom. The van der Waals surface area contributed by atoms with Crippen LogP contribution in [0.25, 0.3) is 0 Å². The zero-order valence-electron chi connectivity index (χ0n) is 7.76. The van der Waals surface area contributed by atoms with Crippen LogP contribution in [-0.4, -0.2) is 7.11 Å². The average Bonchev–Trinajstić information content (AvgIpc) is 2.16. The molecule has 0 aliphatic rings. The second kappa shape index (κ2) is 4.19. The Labute approximate surface area is 81.0 Å². The van der Waals surface area contributed by atoms with Gasteiger partial charge in [-0.1, -0.05) is 6.08 Å². The van der Waals surface area contributed by atoms with Crippen molar-refractivity contribution in [3.05, 3.63) is 42.0 Å². The first-order chi connectivity index (χ1) is 6.60. The van der Waals surface area contributed by atoms with E-state index in [0.717, 1.165) is 12.1 Å². The van der Waals surface area contributed by atoms with Crippen molar-refractivity contribution in [2.45, 2.75) is 6.04 Å². The first kappa shape index (κ1) is 10.7. The third-order valence-corrected chi connectivity index (χ3v) is 1.88. The topological polar surface area (TPSA) is 35.2 Å². The molecule has 1 aromatic rings. The standard InChI is InChI=1S/C10H11F2NO/c1-3-9(13)10-7(11)4-6(14-2)5-8(10)12/h3-5,9H,1,13H2,2H3/t9-/m1/s1. The number of halogens is 2. The average molecular weight is 199 g/mol. The first-order valence-corrected chi connectivity index (χ1v) is 4.01. The second-order valence-electron chi connectivity index (χ2n) is 2.77. The summed E-state index contributed by atoms with van der Waals surface area (Å²) in [6.45, 7) is 3.37. The Bertz CT molecular complexity index is 329. The van der Waals surface area contributed by atoms with Gasteiger partial charge < -0.3 is 10.5 Å². The molecule has 14 heavy (non-hydrogen) atoms. The Hall–Kier alpha value is -1.42. The first-order valence-electron chi connectivity index (χ1n) is 4.01. The number of benzene rings is 1. The lowest BCUT2D eigenvalue weighted by Crippen LogP contribution is -2.11. The molecule has 0 aromatic heterocycles. The van der Waals surface area contributed by atoms with Gasteiger partial charge in [0, 0.05) is 17.7 Å². The van der Waals surface area contributed by atoms with Crippen molar-refractivity contribution >= 4 is 0 Å². The molecule has 2 N–H and O–H groups in total. The molecular weight excluding hydrogens is 188 g/mol. The molecule has 2 nitrogen and oxygen atoms in total. The summed E-state index contributed by atoms with van der Waals surface area (Å²) in [7, 11) is 1.33. The van der Waals surface area contributed by atoms with Gasteiger partial charge in [-0.05, 0) is 0 Å². The van der Waals surface area contributed by atoms with Crippen LogP contribution >= 0.6 is 0 Å². The minimum Gasteiger partial charge on any atom is -0.497 e. The Balaban J connectivity index is 3.24. The highest BCUT2D eigenvalue weighted by molar-refractivity contribution is 5.33. The largest absolute Gasteiger partial charge is 0.497 e. The van der Waals surface area contributed by atoms with Crippen molar-refractivity contribution in [2.75, 3.05) is 7.11 Å². The summed E-state index contributed by atoms with van der Waals surface area (Å²) < 4.78 is 31.3. The summed E-state index contributed by atoms with van der Waals surface area (Å²) in [4.78, 5) is 0. The summed E-state index contributed by atoms with van der Waals surface area (Å²) in [5.41, 5.74) is 5.25. The number of nitrogens with two attached hydrogens (primary N) is 1. The maximum absolute atomic E-state index is 13.3. The molecule has 1 rings (SSSR count). The van der Waals surface area contributed by atoms with E-state index in [4.69, 9.17) is 10.5 Å². The molecule has 0 bridgehead atoms. The van der Waals surface area contributed by atoms with Gasteiger partial charge in [-0.2, -0.15) is 0 Å². The molecule has 4 heteroatoms. The predicted molar refractivity (Wildman–Crippen MR) is 50.0 cm³/mol. The Morgan fingerprint density at radius 2 is 1.93 bits per heavy atom. The molecule has 0 fully saturated rings. The van der Waals surface area contributed by atoms with E-state index in [1.54, 1.807) is 0 Å². The number of rotatable bonds is 3. The van der Waals surface area contributed by atoms with Gasteiger partial charge in [0.1, 0.15) is 17.4 Å². The van der Waals surface area contributed by atoms with Crippen LogP contribution in [0, 0.1) is 11.6 Å². The van der Waals surface area contributed by atoms with E-state index in [9.17, 15) is 8.78 Å². The van der Waals surface area contributed by atoms with Gasteiger partial charge >= 0.3 is 0 Å². The fourth-order valence-electron chi connectivity index (χ4n) is 1.12. The van der Waals surface area contributed by atoms with Gasteiger partial charge in [-0.25, -0.2) is 8.78 Å². The van der Waals surface area contributed by atoms with Crippen molar-refractivity contribution in [1.82, 2.24) is 0 Å².